The number of carbonyl (C=O) groups is 6. The van der Waals surface area contributed by atoms with Crippen LogP contribution < -0.4 is 0 Å². The Morgan fingerprint density at radius 3 is 0.889 bits per heavy atom. The predicted molar refractivity (Wildman–Crippen MR) is 267 cm³/mol. The topological polar surface area (TPSA) is 250 Å². The molecule has 0 amide bonds. The number of hydrogen-bond donors (Lipinski definition) is 0. The van der Waals surface area contributed by atoms with Crippen LogP contribution in [-0.4, -0.2) is 120 Å². The fraction of sp³-hybridized carbons (Fsp3) is 0.375. The molecule has 3 aromatic heterocycles. The Bertz CT molecular complexity index is 2290. The summed E-state index contributed by atoms with van der Waals surface area (Å²) in [6.07, 6.45) is 8.52. The van der Waals surface area contributed by atoms with Gasteiger partial charge in [-0.3, -0.25) is 0 Å². The van der Waals surface area contributed by atoms with E-state index in [-0.39, 0.29) is 58.9 Å². The van der Waals surface area contributed by atoms with Crippen molar-refractivity contribution in [3.8, 4) is 0 Å². The molecule has 72 heavy (non-hydrogen) atoms. The Hall–Kier alpha value is -6.66. The molecule has 24 heteroatoms. The molecule has 0 aliphatic carbocycles. The van der Waals surface area contributed by atoms with Crippen LogP contribution in [0.25, 0.3) is 0 Å². The lowest BCUT2D eigenvalue weighted by molar-refractivity contribution is -0.173. The van der Waals surface area contributed by atoms with E-state index in [1.165, 1.54) is 41.9 Å². The molecule has 3 aromatic carbocycles. The van der Waals surface area contributed by atoms with Gasteiger partial charge >= 0.3 is 35.8 Å². The van der Waals surface area contributed by atoms with Crippen molar-refractivity contribution >= 4 is 83.6 Å². The van der Waals surface area contributed by atoms with Gasteiger partial charge in [-0.25, -0.2) is 33.4 Å². The van der Waals surface area contributed by atoms with Gasteiger partial charge in [0.25, 0.3) is 16.6 Å². The van der Waals surface area contributed by atoms with Crippen molar-refractivity contribution in [2.75, 3.05) is 39.6 Å². The second-order valence-electron chi connectivity index (χ2n) is 14.8. The van der Waals surface area contributed by atoms with E-state index >= 15 is 0 Å². The maximum atomic E-state index is 12.7. The van der Waals surface area contributed by atoms with E-state index in [0.717, 1.165) is 39.7 Å². The van der Waals surface area contributed by atoms with Crippen molar-refractivity contribution in [2.24, 2.45) is 0 Å². The van der Waals surface area contributed by atoms with Crippen LogP contribution in [-0.2, 0) is 93.1 Å². The van der Waals surface area contributed by atoms with E-state index in [9.17, 15) is 28.8 Å². The summed E-state index contributed by atoms with van der Waals surface area (Å²) in [6, 6.07) is 21.8. The fourth-order valence-electron chi connectivity index (χ4n) is 6.85. The minimum absolute atomic E-state index is 0.0205. The third kappa shape index (κ3) is 14.3. The smallest absolute Gasteiger partial charge is 0.348 e. The summed E-state index contributed by atoms with van der Waals surface area (Å²) in [5.41, 5.74) is -3.11. The van der Waals surface area contributed by atoms with Gasteiger partial charge in [0, 0.05) is 38.9 Å². The van der Waals surface area contributed by atoms with Crippen molar-refractivity contribution in [1.82, 2.24) is 45.0 Å². The number of ether oxygens (including phenoxy) is 6. The molecule has 3 heterocycles. The van der Waals surface area contributed by atoms with E-state index < -0.39 is 52.4 Å². The van der Waals surface area contributed by atoms with E-state index in [0.29, 0.717) is 0 Å². The molecule has 0 saturated heterocycles. The first kappa shape index (κ1) is 57.9. The average Bonchev–Trinajstić information content (AvgIpc) is 4.21. The molecule has 384 valence electrons. The molecule has 0 saturated carbocycles. The van der Waals surface area contributed by atoms with Crippen LogP contribution in [0.3, 0.4) is 0 Å². The number of benzene rings is 3. The van der Waals surface area contributed by atoms with E-state index in [2.05, 4.69) is 78.5 Å². The van der Waals surface area contributed by atoms with Gasteiger partial charge in [-0.15, -0.1) is 5.10 Å². The zero-order chi connectivity index (χ0) is 52.7. The molecular weight excluding hydrogens is 1130 g/mol. The Balaban J connectivity index is 0.000000234. The first-order chi connectivity index (χ1) is 34.6. The first-order valence-corrected chi connectivity index (χ1v) is 24.9. The molecule has 0 spiro atoms. The summed E-state index contributed by atoms with van der Waals surface area (Å²) in [5, 5.41) is 23.6. The van der Waals surface area contributed by atoms with Gasteiger partial charge in [-0.1, -0.05) is 89.4 Å². The molecule has 0 radical (unpaired) electrons. The van der Waals surface area contributed by atoms with Crippen molar-refractivity contribution < 1.29 is 57.2 Å². The monoisotopic (exact) mass is 1190 g/mol. The minimum Gasteiger partial charge on any atom is -0.464 e. The lowest BCUT2D eigenvalue weighted by Gasteiger charge is -2.29. The van der Waals surface area contributed by atoms with Crippen molar-refractivity contribution in [2.45, 2.75) is 77.4 Å². The largest absolute Gasteiger partial charge is 0.464 e. The summed E-state index contributed by atoms with van der Waals surface area (Å²) in [5.74, 6) is -4.44. The summed E-state index contributed by atoms with van der Waals surface area (Å²) in [7, 11) is 0. The normalized spacial score (nSPS) is 11.1. The summed E-state index contributed by atoms with van der Waals surface area (Å²) < 4.78 is 34.8. The van der Waals surface area contributed by atoms with E-state index in [4.69, 9.17) is 28.4 Å². The first-order valence-electron chi connectivity index (χ1n) is 22.5. The summed E-state index contributed by atoms with van der Waals surface area (Å²) >= 11 is 10.1. The third-order valence-electron chi connectivity index (χ3n) is 10.1. The number of carbonyl (C=O) groups excluding carboxylic acids is 6. The van der Waals surface area contributed by atoms with Gasteiger partial charge in [0.15, 0.2) is 0 Å². The Labute approximate surface area is 440 Å². The van der Waals surface area contributed by atoms with Gasteiger partial charge in [0.2, 0.25) is 0 Å². The Kier molecular flexibility index (Phi) is 22.8. The molecule has 0 bridgehead atoms. The zero-order valence-corrected chi connectivity index (χ0v) is 45.1. The maximum Gasteiger partial charge on any atom is 0.348 e. The van der Waals surface area contributed by atoms with Gasteiger partial charge in [0.1, 0.15) is 0 Å². The number of nitrogens with zero attached hydrogens (tertiary/aromatic N) is 9. The highest BCUT2D eigenvalue weighted by molar-refractivity contribution is 9.11. The van der Waals surface area contributed by atoms with Gasteiger partial charge in [-0.05, 0) is 94.6 Å². The van der Waals surface area contributed by atoms with Crippen LogP contribution in [0.4, 0.5) is 0 Å². The van der Waals surface area contributed by atoms with Gasteiger partial charge in [-0.2, -0.15) is 30.0 Å². The molecular formula is C48H54Br3N9O12. The predicted octanol–water partition coefficient (Wildman–Crippen LogP) is 6.31. The van der Waals surface area contributed by atoms with E-state index in [1.807, 2.05) is 48.5 Å². The second-order valence-corrected chi connectivity index (χ2v) is 17.5. The SMILES string of the molecule is CCOC(=O)C(Cc1ccc(Br)cc1)(C(=O)OCC)n1ccnn1.CCOC(=O)C(Cc1ccc(Br)cc1)(C(=O)OCC)n1nccn1.CCOC(=O)C(Cc1ccc(Br)cc1)(C(=O)OCC)n1nccn1. The molecule has 0 atom stereocenters. The van der Waals surface area contributed by atoms with E-state index in [1.54, 1.807) is 65.8 Å². The molecule has 0 aliphatic rings. The highest BCUT2D eigenvalue weighted by atomic mass is 79.9. The van der Waals surface area contributed by atoms with Crippen molar-refractivity contribution in [3.63, 3.8) is 0 Å². The van der Waals surface area contributed by atoms with Crippen LogP contribution in [0.5, 0.6) is 0 Å². The standard InChI is InChI=1S/3C16H18BrN3O4/c1-3-23-14(21)16(15(22)24-4-2,20-10-9-18-19-20)11-12-5-7-13(17)8-6-12;2*1-3-23-14(21)16(15(22)24-4-2,20-18-9-10-19-20)11-12-5-7-13(17)8-6-12/h3*5-10H,3-4,11H2,1-2H3. The lowest BCUT2D eigenvalue weighted by Crippen LogP contribution is -2.54. The fourth-order valence-corrected chi connectivity index (χ4v) is 7.65. The zero-order valence-electron chi connectivity index (χ0n) is 40.3. The number of esters is 6. The summed E-state index contributed by atoms with van der Waals surface area (Å²) in [4.78, 5) is 78.5. The summed E-state index contributed by atoms with van der Waals surface area (Å²) in [6.45, 7) is 10.8. The number of hydrogen-bond acceptors (Lipinski definition) is 18. The Morgan fingerprint density at radius 2 is 0.653 bits per heavy atom. The number of rotatable bonds is 21. The maximum absolute atomic E-state index is 12.7. The van der Waals surface area contributed by atoms with Crippen molar-refractivity contribution in [3.05, 3.63) is 140 Å². The van der Waals surface area contributed by atoms with Gasteiger partial charge < -0.3 is 28.4 Å². The van der Waals surface area contributed by atoms with Crippen molar-refractivity contribution in [1.29, 1.82) is 0 Å². The molecule has 0 fully saturated rings. The molecule has 6 rings (SSSR count). The molecule has 6 aromatic rings. The highest BCUT2D eigenvalue weighted by Gasteiger charge is 2.55. The minimum atomic E-state index is -1.80. The van der Waals surface area contributed by atoms with Crippen LogP contribution in [0, 0.1) is 0 Å². The highest BCUT2D eigenvalue weighted by Crippen LogP contribution is 2.29. The molecule has 0 unspecified atom stereocenters. The second kappa shape index (κ2) is 28.4. The van der Waals surface area contributed by atoms with Crippen LogP contribution in [0.1, 0.15) is 58.2 Å². The molecule has 21 nitrogen and oxygen atoms in total. The Morgan fingerprint density at radius 1 is 0.403 bits per heavy atom. The van der Waals surface area contributed by atoms with Gasteiger partial charge in [0.05, 0.1) is 70.6 Å². The average molecular weight is 1190 g/mol. The number of aromatic nitrogens is 9. The molecule has 0 aliphatic heterocycles. The molecule has 0 N–H and O–H groups in total. The van der Waals surface area contributed by atoms with Crippen LogP contribution in [0.2, 0.25) is 0 Å². The van der Waals surface area contributed by atoms with Crippen LogP contribution >= 0.6 is 47.8 Å². The third-order valence-corrected chi connectivity index (χ3v) is 11.7. The lowest BCUT2D eigenvalue weighted by atomic mass is 9.90. The quantitative estimate of drug-likeness (QED) is 0.0435. The number of halogens is 3. The van der Waals surface area contributed by atoms with Crippen LogP contribution in [0.15, 0.2) is 123 Å².